The fourth-order valence-electron chi connectivity index (χ4n) is 6.13. The number of benzene rings is 2. The summed E-state index contributed by atoms with van der Waals surface area (Å²) in [7, 11) is 4.40. The first-order valence-corrected chi connectivity index (χ1v) is 17.5. The van der Waals surface area contributed by atoms with Crippen molar-refractivity contribution >= 4 is 35.1 Å². The van der Waals surface area contributed by atoms with Crippen LogP contribution < -0.4 is 17.2 Å². The number of rotatable bonds is 4. The molecule has 57 heavy (non-hydrogen) atoms. The van der Waals surface area contributed by atoms with Gasteiger partial charge in [0.05, 0.1) is 18.5 Å². The molecule has 4 heterocycles. The van der Waals surface area contributed by atoms with Crippen LogP contribution in [0.3, 0.4) is 0 Å². The van der Waals surface area contributed by atoms with Gasteiger partial charge in [-0.1, -0.05) is 47.9 Å². The molecular formula is C41H39F2N7O7. The van der Waals surface area contributed by atoms with Gasteiger partial charge in [-0.25, -0.2) is 23.5 Å². The van der Waals surface area contributed by atoms with Gasteiger partial charge in [-0.3, -0.25) is 14.4 Å². The van der Waals surface area contributed by atoms with Crippen LogP contribution >= 0.6 is 0 Å². The number of hydrogen-bond acceptors (Lipinski definition) is 11. The number of likely N-dealkylation sites (tertiary alicyclic amines) is 2. The zero-order valence-corrected chi connectivity index (χ0v) is 31.2. The Bertz CT molecular complexity index is 2400. The molecular weight excluding hydrogens is 740 g/mol. The molecule has 2 aliphatic rings. The second-order valence-electron chi connectivity index (χ2n) is 13.4. The molecule has 0 radical (unpaired) electrons. The number of piperidine rings is 2. The molecule has 294 valence electrons. The summed E-state index contributed by atoms with van der Waals surface area (Å²) in [6, 6.07) is 14.8. The van der Waals surface area contributed by atoms with Gasteiger partial charge in [0.15, 0.2) is 23.0 Å². The zero-order chi connectivity index (χ0) is 41.7. The maximum absolute atomic E-state index is 14.4. The summed E-state index contributed by atoms with van der Waals surface area (Å²) in [5.41, 5.74) is 13.7. The monoisotopic (exact) mass is 779 g/mol. The first-order chi connectivity index (χ1) is 27.0. The van der Waals surface area contributed by atoms with E-state index in [0.29, 0.717) is 48.2 Å². The molecule has 2 aliphatic heterocycles. The van der Waals surface area contributed by atoms with Crippen molar-refractivity contribution < 1.29 is 42.9 Å². The summed E-state index contributed by atoms with van der Waals surface area (Å²) in [4.78, 5) is 58.5. The van der Waals surface area contributed by atoms with Crippen LogP contribution in [0.15, 0.2) is 60.7 Å². The molecule has 16 heteroatoms. The molecule has 2 atom stereocenters. The molecule has 2 aromatic carbocycles. The fourth-order valence-corrected chi connectivity index (χ4v) is 6.13. The highest BCUT2D eigenvalue weighted by molar-refractivity contribution is 5.96. The number of nitrogen functional groups attached to an aromatic ring is 2. The van der Waals surface area contributed by atoms with E-state index in [0.717, 1.165) is 12.1 Å². The molecule has 8 N–H and O–H groups in total. The molecule has 0 spiro atoms. The summed E-state index contributed by atoms with van der Waals surface area (Å²) in [5.74, 6) is 6.88. The average Bonchev–Trinajstić information content (AvgIpc) is 3.18. The number of carbonyl (C=O) groups excluding carboxylic acids is 4. The Morgan fingerprint density at radius 1 is 0.754 bits per heavy atom. The highest BCUT2D eigenvalue weighted by atomic mass is 19.1. The number of nitrogens with zero attached hydrogens (tertiary/aromatic N) is 4. The molecule has 0 unspecified atom stereocenters. The Morgan fingerprint density at radius 3 is 1.60 bits per heavy atom. The normalized spacial score (nSPS) is 18.9. The predicted molar refractivity (Wildman–Crippen MR) is 205 cm³/mol. The van der Waals surface area contributed by atoms with E-state index < -0.39 is 46.5 Å². The lowest BCUT2D eigenvalue weighted by Gasteiger charge is -2.32. The van der Waals surface area contributed by atoms with Crippen molar-refractivity contribution in [3.05, 3.63) is 94.8 Å². The van der Waals surface area contributed by atoms with Crippen molar-refractivity contribution in [1.82, 2.24) is 19.8 Å². The van der Waals surface area contributed by atoms with Crippen LogP contribution in [-0.2, 0) is 14.3 Å². The van der Waals surface area contributed by atoms with Crippen LogP contribution in [-0.4, -0.2) is 99.2 Å². The van der Waals surface area contributed by atoms with Crippen LogP contribution in [0.1, 0.15) is 57.8 Å². The number of pyridine rings is 2. The Morgan fingerprint density at radius 2 is 1.18 bits per heavy atom. The first-order valence-electron chi connectivity index (χ1n) is 17.5. The lowest BCUT2D eigenvalue weighted by atomic mass is 9.92. The minimum Gasteiger partial charge on any atom is -0.464 e. The van der Waals surface area contributed by atoms with Crippen molar-refractivity contribution in [2.75, 3.05) is 45.8 Å². The maximum Gasteiger partial charge on any atom is 0.358 e. The second-order valence-corrected chi connectivity index (χ2v) is 13.4. The van der Waals surface area contributed by atoms with Crippen molar-refractivity contribution in [3.8, 4) is 46.2 Å². The van der Waals surface area contributed by atoms with Crippen LogP contribution in [0.2, 0.25) is 0 Å². The van der Waals surface area contributed by atoms with E-state index in [1.54, 1.807) is 62.6 Å². The maximum atomic E-state index is 14.4. The highest BCUT2D eigenvalue weighted by Gasteiger charge is 2.40. The Balaban J connectivity index is 0.000000218. The molecule has 3 amide bonds. The third kappa shape index (κ3) is 9.16. The number of hydrogen-bond donors (Lipinski definition) is 5. The molecule has 6 rings (SSSR count). The van der Waals surface area contributed by atoms with E-state index in [4.69, 9.17) is 17.2 Å². The van der Waals surface area contributed by atoms with Crippen LogP contribution in [0.25, 0.3) is 22.5 Å². The van der Waals surface area contributed by atoms with Crippen molar-refractivity contribution in [3.63, 3.8) is 0 Å². The third-order valence-electron chi connectivity index (χ3n) is 9.19. The number of methoxy groups -OCH3 is 1. The number of amides is 3. The number of nitrogens with two attached hydrogens (primary N) is 3. The summed E-state index contributed by atoms with van der Waals surface area (Å²) in [6.07, 6.45) is 1.78. The van der Waals surface area contributed by atoms with Gasteiger partial charge in [0.25, 0.3) is 17.7 Å². The molecule has 0 bridgehead atoms. The minimum absolute atomic E-state index is 0.0876. The number of aliphatic hydroxyl groups is 2. The smallest absolute Gasteiger partial charge is 0.358 e. The Hall–Kier alpha value is -6.88. The van der Waals surface area contributed by atoms with Crippen molar-refractivity contribution in [2.45, 2.75) is 36.9 Å². The third-order valence-corrected chi connectivity index (χ3v) is 9.19. The summed E-state index contributed by atoms with van der Waals surface area (Å²) < 4.78 is 33.4. The van der Waals surface area contributed by atoms with Crippen molar-refractivity contribution in [1.29, 1.82) is 0 Å². The molecule has 2 aromatic heterocycles. The number of esters is 1. The molecule has 4 aromatic rings. The molecule has 0 saturated carbocycles. The summed E-state index contributed by atoms with van der Waals surface area (Å²) >= 11 is 0. The number of likely N-dealkylation sites (N-methyl/N-ethyl adjacent to an activating group) is 2. The SMILES string of the molecule is CN1CCC[C@@](O)(C#Cc2cccc(-c3nc(C(N)=O)c(N)cc3F)c2)C1=O.COC(=O)c1nc(-c2cccc(C#C[C@]3(O)CCCN(C)C3=O)c2)c(F)cc1N. The minimum atomic E-state index is -1.74. The zero-order valence-electron chi connectivity index (χ0n) is 31.2. The van der Waals surface area contributed by atoms with Crippen molar-refractivity contribution in [2.24, 2.45) is 5.73 Å². The number of ether oxygens (including phenoxy) is 1. The first kappa shape index (κ1) is 41.3. The van der Waals surface area contributed by atoms with E-state index in [-0.39, 0.29) is 47.0 Å². The number of carbonyl (C=O) groups is 4. The van der Waals surface area contributed by atoms with E-state index in [9.17, 15) is 38.2 Å². The van der Waals surface area contributed by atoms with E-state index in [1.165, 1.54) is 16.9 Å². The van der Waals surface area contributed by atoms with Crippen LogP contribution in [0, 0.1) is 35.3 Å². The average molecular weight is 780 g/mol. The van der Waals surface area contributed by atoms with Gasteiger partial charge in [-0.15, -0.1) is 0 Å². The quantitative estimate of drug-likeness (QED) is 0.149. The van der Waals surface area contributed by atoms with Gasteiger partial charge in [0.2, 0.25) is 11.2 Å². The fraction of sp³-hybridized carbons (Fsp3) is 0.268. The number of primary amides is 1. The highest BCUT2D eigenvalue weighted by Crippen LogP contribution is 2.28. The van der Waals surface area contributed by atoms with Gasteiger partial charge in [0.1, 0.15) is 11.4 Å². The standard InChI is InChI=1S/C21H20FN3O4.C20H19FN4O3/c1-25-10-4-8-21(28,20(25)27)9-7-13-5-3-6-14(11-13)17-15(22)12-16(23)18(24-17)19(26)29-2;1-25-9-3-7-20(28,19(25)27)8-6-12-4-2-5-13(10-12)16-14(21)11-15(22)17(24-16)18(23)26/h3,5-6,11-12,28H,4,8,10,23H2,1-2H3;2,4-5,10-11,28H,3,7,9,22H2,1H3,(H2,23,26)/t21-;20-/m11/s1. The Kier molecular flexibility index (Phi) is 12.2. The van der Waals surface area contributed by atoms with Gasteiger partial charge in [-0.2, -0.15) is 0 Å². The molecule has 2 saturated heterocycles. The molecule has 0 aliphatic carbocycles. The van der Waals surface area contributed by atoms with E-state index in [1.807, 2.05) is 0 Å². The number of anilines is 2. The Labute approximate surface area is 326 Å². The van der Waals surface area contributed by atoms with Gasteiger partial charge in [-0.05, 0) is 49.9 Å². The number of aromatic nitrogens is 2. The lowest BCUT2D eigenvalue weighted by molar-refractivity contribution is -0.149. The summed E-state index contributed by atoms with van der Waals surface area (Å²) in [6.45, 7) is 1.14. The van der Waals surface area contributed by atoms with Gasteiger partial charge >= 0.3 is 5.97 Å². The van der Waals surface area contributed by atoms with Gasteiger partial charge < -0.3 is 42.0 Å². The van der Waals surface area contributed by atoms with E-state index in [2.05, 4.69) is 38.4 Å². The number of halogens is 2. The van der Waals surface area contributed by atoms with Gasteiger partial charge in [0, 0.05) is 61.6 Å². The van der Waals surface area contributed by atoms with Crippen LogP contribution in [0.4, 0.5) is 20.2 Å². The summed E-state index contributed by atoms with van der Waals surface area (Å²) in [5, 5.41) is 21.1. The molecule has 2 fully saturated rings. The molecule has 14 nitrogen and oxygen atoms in total. The van der Waals surface area contributed by atoms with E-state index >= 15 is 0 Å². The van der Waals surface area contributed by atoms with Crippen LogP contribution in [0.5, 0.6) is 0 Å². The lowest BCUT2D eigenvalue weighted by Crippen LogP contribution is -2.51. The largest absolute Gasteiger partial charge is 0.464 e. The predicted octanol–water partition coefficient (Wildman–Crippen LogP) is 2.49. The topological polar surface area (TPSA) is 228 Å². The second kappa shape index (κ2) is 16.9.